The summed E-state index contributed by atoms with van der Waals surface area (Å²) in [5.41, 5.74) is 1.08. The predicted octanol–water partition coefficient (Wildman–Crippen LogP) is 3.91. The maximum atomic E-state index is 12.1. The summed E-state index contributed by atoms with van der Waals surface area (Å²) in [4.78, 5) is 15.0. The van der Waals surface area contributed by atoms with Gasteiger partial charge in [0.2, 0.25) is 5.91 Å². The summed E-state index contributed by atoms with van der Waals surface area (Å²) < 4.78 is 5.49. The smallest absolute Gasteiger partial charge is 0.232 e. The Morgan fingerprint density at radius 2 is 2.00 bits per heavy atom. The van der Waals surface area contributed by atoms with E-state index < -0.39 is 0 Å². The van der Waals surface area contributed by atoms with Crippen molar-refractivity contribution in [3.8, 4) is 5.75 Å². The van der Waals surface area contributed by atoms with Crippen LogP contribution < -0.4 is 4.74 Å². The van der Waals surface area contributed by atoms with E-state index in [2.05, 4.69) is 26.8 Å². The summed E-state index contributed by atoms with van der Waals surface area (Å²) in [6, 6.07) is 6.10. The number of thioether (sulfide) groups is 2. The van der Waals surface area contributed by atoms with E-state index >= 15 is 0 Å². The van der Waals surface area contributed by atoms with Crippen molar-refractivity contribution in [2.24, 2.45) is 0 Å². The molecule has 1 aromatic rings. The first-order chi connectivity index (χ1) is 9.76. The molecule has 0 saturated heterocycles. The van der Waals surface area contributed by atoms with Crippen molar-refractivity contribution in [2.75, 3.05) is 26.2 Å². The van der Waals surface area contributed by atoms with Crippen LogP contribution in [0.15, 0.2) is 23.1 Å². The second kappa shape index (κ2) is 7.99. The molecule has 1 rings (SSSR count). The van der Waals surface area contributed by atoms with Gasteiger partial charge in [-0.05, 0) is 24.0 Å². The van der Waals surface area contributed by atoms with Crippen LogP contribution in [0.5, 0.6) is 5.75 Å². The summed E-state index contributed by atoms with van der Waals surface area (Å²) in [6.45, 7) is 6.97. The zero-order chi connectivity index (χ0) is 16.0. The SMILES string of the molecule is COc1cc(CN(C)C(=O)CSC(C)(C)C)ccc1SC. The van der Waals surface area contributed by atoms with Gasteiger partial charge in [0.25, 0.3) is 0 Å². The van der Waals surface area contributed by atoms with E-state index in [4.69, 9.17) is 4.74 Å². The van der Waals surface area contributed by atoms with Crippen molar-refractivity contribution >= 4 is 29.4 Å². The molecule has 21 heavy (non-hydrogen) atoms. The van der Waals surface area contributed by atoms with E-state index in [-0.39, 0.29) is 10.7 Å². The fourth-order valence-electron chi connectivity index (χ4n) is 1.73. The molecule has 5 heteroatoms. The van der Waals surface area contributed by atoms with E-state index in [1.54, 1.807) is 35.5 Å². The first-order valence-electron chi connectivity index (χ1n) is 6.85. The topological polar surface area (TPSA) is 29.5 Å². The number of nitrogens with zero attached hydrogens (tertiary/aromatic N) is 1. The van der Waals surface area contributed by atoms with Gasteiger partial charge in [-0.15, -0.1) is 23.5 Å². The first kappa shape index (κ1) is 18.2. The third-order valence-corrected chi connectivity index (χ3v) is 4.96. The van der Waals surface area contributed by atoms with Crippen molar-refractivity contribution in [2.45, 2.75) is 37.0 Å². The monoisotopic (exact) mass is 327 g/mol. The lowest BCUT2D eigenvalue weighted by Gasteiger charge is -2.21. The second-order valence-electron chi connectivity index (χ2n) is 5.84. The highest BCUT2D eigenvalue weighted by Crippen LogP contribution is 2.29. The average Bonchev–Trinajstić information content (AvgIpc) is 2.43. The normalized spacial score (nSPS) is 11.3. The van der Waals surface area contributed by atoms with Gasteiger partial charge < -0.3 is 9.64 Å². The Morgan fingerprint density at radius 3 is 2.52 bits per heavy atom. The number of carbonyl (C=O) groups excluding carboxylic acids is 1. The molecule has 1 amide bonds. The van der Waals surface area contributed by atoms with Crippen molar-refractivity contribution in [1.82, 2.24) is 4.90 Å². The lowest BCUT2D eigenvalue weighted by Crippen LogP contribution is -2.29. The van der Waals surface area contributed by atoms with Gasteiger partial charge in [0.05, 0.1) is 12.9 Å². The van der Waals surface area contributed by atoms with Crippen LogP contribution in [0, 0.1) is 0 Å². The number of ether oxygens (including phenoxy) is 1. The minimum Gasteiger partial charge on any atom is -0.496 e. The molecule has 0 N–H and O–H groups in total. The van der Waals surface area contributed by atoms with Crippen LogP contribution in [0.1, 0.15) is 26.3 Å². The minimum absolute atomic E-state index is 0.111. The molecule has 0 atom stereocenters. The Kier molecular flexibility index (Phi) is 6.94. The third kappa shape index (κ3) is 6.22. The van der Waals surface area contributed by atoms with Crippen LogP contribution in [0.4, 0.5) is 0 Å². The minimum atomic E-state index is 0.111. The van der Waals surface area contributed by atoms with Crippen molar-refractivity contribution in [1.29, 1.82) is 0 Å². The standard InChI is InChI=1S/C16H25NO2S2/c1-16(2,3)21-11-15(18)17(4)10-12-7-8-14(20-6)13(9-12)19-5/h7-9H,10-11H2,1-6H3. The van der Waals surface area contributed by atoms with Gasteiger partial charge in [-0.25, -0.2) is 0 Å². The lowest BCUT2D eigenvalue weighted by molar-refractivity contribution is -0.127. The Balaban J connectivity index is 2.66. The van der Waals surface area contributed by atoms with Gasteiger partial charge >= 0.3 is 0 Å². The predicted molar refractivity (Wildman–Crippen MR) is 93.5 cm³/mol. The van der Waals surface area contributed by atoms with Gasteiger partial charge in [-0.3, -0.25) is 4.79 Å². The average molecular weight is 328 g/mol. The van der Waals surface area contributed by atoms with Crippen LogP contribution in [0.3, 0.4) is 0 Å². The number of hydrogen-bond acceptors (Lipinski definition) is 4. The highest BCUT2D eigenvalue weighted by Gasteiger charge is 2.16. The molecular weight excluding hydrogens is 302 g/mol. The van der Waals surface area contributed by atoms with Crippen LogP contribution in [-0.2, 0) is 11.3 Å². The molecule has 0 spiro atoms. The summed E-state index contributed by atoms with van der Waals surface area (Å²) in [7, 11) is 3.52. The molecule has 118 valence electrons. The maximum absolute atomic E-state index is 12.1. The van der Waals surface area contributed by atoms with Gasteiger partial charge in [0.15, 0.2) is 0 Å². The van der Waals surface area contributed by atoms with Crippen LogP contribution in [0.2, 0.25) is 0 Å². The Bertz CT molecular complexity index is 484. The van der Waals surface area contributed by atoms with E-state index in [0.717, 1.165) is 16.2 Å². The van der Waals surface area contributed by atoms with Crippen molar-refractivity contribution in [3.63, 3.8) is 0 Å². The number of rotatable bonds is 6. The van der Waals surface area contributed by atoms with Gasteiger partial charge in [-0.2, -0.15) is 0 Å². The molecule has 3 nitrogen and oxygen atoms in total. The zero-order valence-corrected chi connectivity index (χ0v) is 15.4. The largest absolute Gasteiger partial charge is 0.496 e. The summed E-state index contributed by atoms with van der Waals surface area (Å²) in [5, 5.41) is 0. The van der Waals surface area contributed by atoms with Crippen LogP contribution >= 0.6 is 23.5 Å². The molecule has 1 aromatic carbocycles. The molecule has 0 bridgehead atoms. The van der Waals surface area contributed by atoms with E-state index in [1.165, 1.54) is 0 Å². The first-order valence-corrected chi connectivity index (χ1v) is 9.06. The Morgan fingerprint density at radius 1 is 1.33 bits per heavy atom. The maximum Gasteiger partial charge on any atom is 0.232 e. The van der Waals surface area contributed by atoms with E-state index in [9.17, 15) is 4.79 Å². The summed E-state index contributed by atoms with van der Waals surface area (Å²) >= 11 is 3.33. The van der Waals surface area contributed by atoms with Gasteiger partial charge in [-0.1, -0.05) is 26.8 Å². The molecular formula is C16H25NO2S2. The van der Waals surface area contributed by atoms with E-state index in [0.29, 0.717) is 12.3 Å². The number of benzene rings is 1. The molecule has 0 aliphatic carbocycles. The highest BCUT2D eigenvalue weighted by molar-refractivity contribution is 8.01. The number of carbonyl (C=O) groups is 1. The quantitative estimate of drug-likeness (QED) is 0.741. The highest BCUT2D eigenvalue weighted by atomic mass is 32.2. The van der Waals surface area contributed by atoms with Crippen molar-refractivity contribution in [3.05, 3.63) is 23.8 Å². The molecule has 0 radical (unpaired) electrons. The van der Waals surface area contributed by atoms with Crippen molar-refractivity contribution < 1.29 is 9.53 Å². The summed E-state index contributed by atoms with van der Waals surface area (Å²) in [5.74, 6) is 1.53. The molecule has 0 saturated carbocycles. The zero-order valence-electron chi connectivity index (χ0n) is 13.7. The molecule has 0 aromatic heterocycles. The molecule has 0 heterocycles. The second-order valence-corrected chi connectivity index (χ2v) is 8.49. The summed E-state index contributed by atoms with van der Waals surface area (Å²) in [6.07, 6.45) is 2.02. The molecule has 0 aliphatic rings. The van der Waals surface area contributed by atoms with Crippen LogP contribution in [-0.4, -0.2) is 41.7 Å². The fourth-order valence-corrected chi connectivity index (χ4v) is 3.05. The fraction of sp³-hybridized carbons (Fsp3) is 0.562. The van der Waals surface area contributed by atoms with Gasteiger partial charge in [0.1, 0.15) is 5.75 Å². The van der Waals surface area contributed by atoms with E-state index in [1.807, 2.05) is 25.4 Å². The Hall–Kier alpha value is -0.810. The molecule has 0 fully saturated rings. The lowest BCUT2D eigenvalue weighted by atomic mass is 10.2. The number of hydrogen-bond donors (Lipinski definition) is 0. The third-order valence-electron chi connectivity index (χ3n) is 2.92. The molecule has 0 aliphatic heterocycles. The number of methoxy groups -OCH3 is 1. The molecule has 0 unspecified atom stereocenters. The van der Waals surface area contributed by atoms with Crippen LogP contribution in [0.25, 0.3) is 0 Å². The Labute approximate surface area is 136 Å². The number of amides is 1. The van der Waals surface area contributed by atoms with Gasteiger partial charge in [0, 0.05) is 23.2 Å².